The zero-order valence-corrected chi connectivity index (χ0v) is 14.1. The Balaban J connectivity index is 1.56. The number of imide groups is 1. The number of benzene rings is 2. The third-order valence-electron chi connectivity index (χ3n) is 5.03. The van der Waals surface area contributed by atoms with Crippen LogP contribution in [0.4, 0.5) is 4.79 Å². The van der Waals surface area contributed by atoms with E-state index in [0.29, 0.717) is 5.56 Å². The number of nitrogens with one attached hydrogen (secondary N) is 3. The van der Waals surface area contributed by atoms with Gasteiger partial charge in [0.1, 0.15) is 5.54 Å². The fourth-order valence-electron chi connectivity index (χ4n) is 3.50. The van der Waals surface area contributed by atoms with Crippen molar-refractivity contribution in [2.75, 3.05) is 6.54 Å². The monoisotopic (exact) mass is 349 g/mol. The zero-order chi connectivity index (χ0) is 18.1. The van der Waals surface area contributed by atoms with Gasteiger partial charge < -0.3 is 10.6 Å². The summed E-state index contributed by atoms with van der Waals surface area (Å²) in [5.74, 6) is -0.557. The molecule has 4 amide bonds. The molecule has 1 saturated heterocycles. The fraction of sp³-hybridized carbons (Fsp3) is 0.250. The predicted octanol–water partition coefficient (Wildman–Crippen LogP) is 2.07. The smallest absolute Gasteiger partial charge is 0.322 e. The van der Waals surface area contributed by atoms with E-state index >= 15 is 0 Å². The van der Waals surface area contributed by atoms with Crippen LogP contribution in [0.2, 0.25) is 0 Å². The molecule has 1 aliphatic carbocycles. The van der Waals surface area contributed by atoms with Crippen molar-refractivity contribution in [3.05, 3.63) is 60.2 Å². The molecule has 3 N–H and O–H groups in total. The number of hydrogen-bond acceptors (Lipinski definition) is 3. The second-order valence-electron chi connectivity index (χ2n) is 6.75. The van der Waals surface area contributed by atoms with Gasteiger partial charge in [-0.25, -0.2) is 4.79 Å². The van der Waals surface area contributed by atoms with Crippen molar-refractivity contribution in [1.82, 2.24) is 16.0 Å². The van der Waals surface area contributed by atoms with Gasteiger partial charge >= 0.3 is 6.03 Å². The SMILES string of the molecule is O=C1NC(=O)[C@](CNC(=O)c2ccccc2-c2ccccc2)(C2CC2)N1. The lowest BCUT2D eigenvalue weighted by Gasteiger charge is -2.26. The summed E-state index contributed by atoms with van der Waals surface area (Å²) in [7, 11) is 0. The number of carbonyl (C=O) groups is 3. The minimum Gasteiger partial charge on any atom is -0.349 e. The molecule has 0 spiro atoms. The van der Waals surface area contributed by atoms with E-state index in [1.54, 1.807) is 6.07 Å². The molecule has 2 aromatic rings. The highest BCUT2D eigenvalue weighted by Gasteiger charge is 2.56. The second kappa shape index (κ2) is 6.29. The van der Waals surface area contributed by atoms with Crippen LogP contribution in [0.3, 0.4) is 0 Å². The van der Waals surface area contributed by atoms with Crippen molar-refractivity contribution in [1.29, 1.82) is 0 Å². The summed E-state index contributed by atoms with van der Waals surface area (Å²) in [5, 5.41) is 7.86. The Morgan fingerprint density at radius 3 is 2.38 bits per heavy atom. The first-order valence-electron chi connectivity index (χ1n) is 8.66. The standard InChI is InChI=1S/C20H19N3O3/c24-17(16-9-5-4-8-15(16)13-6-2-1-3-7-13)21-12-20(14-10-11-14)18(25)22-19(26)23-20/h1-9,14H,10-12H2,(H,21,24)(H2,22,23,25,26)/t20-/m0/s1. The van der Waals surface area contributed by atoms with Crippen molar-refractivity contribution in [3.63, 3.8) is 0 Å². The van der Waals surface area contributed by atoms with E-state index in [1.807, 2.05) is 48.5 Å². The van der Waals surface area contributed by atoms with Gasteiger partial charge in [-0.3, -0.25) is 14.9 Å². The molecule has 1 heterocycles. The highest BCUT2D eigenvalue weighted by Crippen LogP contribution is 2.41. The van der Waals surface area contributed by atoms with Crippen molar-refractivity contribution >= 4 is 17.8 Å². The maximum Gasteiger partial charge on any atom is 0.322 e. The minimum absolute atomic E-state index is 0.0682. The lowest BCUT2D eigenvalue weighted by Crippen LogP contribution is -2.57. The first-order valence-corrected chi connectivity index (χ1v) is 8.66. The van der Waals surface area contributed by atoms with E-state index in [2.05, 4.69) is 16.0 Å². The van der Waals surface area contributed by atoms with Crippen LogP contribution in [0, 0.1) is 5.92 Å². The van der Waals surface area contributed by atoms with Gasteiger partial charge in [-0.1, -0.05) is 48.5 Å². The zero-order valence-electron chi connectivity index (χ0n) is 14.1. The molecule has 2 aromatic carbocycles. The average molecular weight is 349 g/mol. The predicted molar refractivity (Wildman–Crippen MR) is 96.3 cm³/mol. The summed E-state index contributed by atoms with van der Waals surface area (Å²) < 4.78 is 0. The molecule has 0 radical (unpaired) electrons. The van der Waals surface area contributed by atoms with Crippen LogP contribution >= 0.6 is 0 Å². The summed E-state index contributed by atoms with van der Waals surface area (Å²) in [6.07, 6.45) is 1.73. The second-order valence-corrected chi connectivity index (χ2v) is 6.75. The van der Waals surface area contributed by atoms with E-state index in [9.17, 15) is 14.4 Å². The number of carbonyl (C=O) groups excluding carboxylic acids is 3. The summed E-state index contributed by atoms with van der Waals surface area (Å²) in [6, 6.07) is 16.5. The largest absolute Gasteiger partial charge is 0.349 e. The maximum atomic E-state index is 12.8. The van der Waals surface area contributed by atoms with E-state index in [1.165, 1.54) is 0 Å². The van der Waals surface area contributed by atoms with Gasteiger partial charge in [0.05, 0.1) is 6.54 Å². The van der Waals surface area contributed by atoms with Crippen molar-refractivity contribution in [3.8, 4) is 11.1 Å². The van der Waals surface area contributed by atoms with Gasteiger partial charge in [0.15, 0.2) is 0 Å². The van der Waals surface area contributed by atoms with Crippen LogP contribution in [-0.2, 0) is 4.79 Å². The highest BCUT2D eigenvalue weighted by atomic mass is 16.2. The Labute approximate surface area is 151 Å². The van der Waals surface area contributed by atoms with Crippen LogP contribution in [-0.4, -0.2) is 29.9 Å². The molecule has 2 aliphatic rings. The van der Waals surface area contributed by atoms with Gasteiger partial charge in [-0.2, -0.15) is 0 Å². The average Bonchev–Trinajstić information content (AvgIpc) is 3.47. The molecule has 2 fully saturated rings. The normalized spacial score (nSPS) is 21.8. The first kappa shape index (κ1) is 16.3. The first-order chi connectivity index (χ1) is 12.6. The molecule has 6 nitrogen and oxygen atoms in total. The Kier molecular flexibility index (Phi) is 3.95. The summed E-state index contributed by atoms with van der Waals surface area (Å²) in [5.41, 5.74) is 1.27. The Bertz CT molecular complexity index is 877. The molecule has 1 aliphatic heterocycles. The lowest BCUT2D eigenvalue weighted by atomic mass is 9.93. The van der Waals surface area contributed by atoms with Crippen molar-refractivity contribution in [2.45, 2.75) is 18.4 Å². The Morgan fingerprint density at radius 1 is 1.04 bits per heavy atom. The van der Waals surface area contributed by atoms with E-state index in [0.717, 1.165) is 24.0 Å². The molecule has 26 heavy (non-hydrogen) atoms. The Hall–Kier alpha value is -3.15. The summed E-state index contributed by atoms with van der Waals surface area (Å²) >= 11 is 0. The molecule has 132 valence electrons. The number of rotatable bonds is 5. The quantitative estimate of drug-likeness (QED) is 0.722. The number of urea groups is 1. The van der Waals surface area contributed by atoms with Crippen LogP contribution in [0.5, 0.6) is 0 Å². The van der Waals surface area contributed by atoms with Gasteiger partial charge in [-0.15, -0.1) is 0 Å². The lowest BCUT2D eigenvalue weighted by molar-refractivity contribution is -0.124. The van der Waals surface area contributed by atoms with Crippen molar-refractivity contribution < 1.29 is 14.4 Å². The molecule has 0 aromatic heterocycles. The fourth-order valence-corrected chi connectivity index (χ4v) is 3.50. The maximum absolute atomic E-state index is 12.8. The number of hydrogen-bond donors (Lipinski definition) is 3. The van der Waals surface area contributed by atoms with Crippen LogP contribution in [0.25, 0.3) is 11.1 Å². The van der Waals surface area contributed by atoms with Gasteiger partial charge in [-0.05, 0) is 36.0 Å². The molecule has 0 bridgehead atoms. The molecule has 0 unspecified atom stereocenters. The topological polar surface area (TPSA) is 87.3 Å². The van der Waals surface area contributed by atoms with Crippen LogP contribution in [0.15, 0.2) is 54.6 Å². The van der Waals surface area contributed by atoms with Gasteiger partial charge in [0.25, 0.3) is 11.8 Å². The molecule has 1 saturated carbocycles. The van der Waals surface area contributed by atoms with Crippen molar-refractivity contribution in [2.24, 2.45) is 5.92 Å². The van der Waals surface area contributed by atoms with Crippen LogP contribution in [0.1, 0.15) is 23.2 Å². The van der Waals surface area contributed by atoms with Crippen LogP contribution < -0.4 is 16.0 Å². The molecule has 1 atom stereocenters. The van der Waals surface area contributed by atoms with Gasteiger partial charge in [0.2, 0.25) is 0 Å². The number of amides is 4. The molecular formula is C20H19N3O3. The molecular weight excluding hydrogens is 330 g/mol. The summed E-state index contributed by atoms with van der Waals surface area (Å²) in [4.78, 5) is 36.7. The molecule has 4 rings (SSSR count). The molecule has 6 heteroatoms. The van der Waals surface area contributed by atoms with Gasteiger partial charge in [0, 0.05) is 5.56 Å². The summed E-state index contributed by atoms with van der Waals surface area (Å²) in [6.45, 7) is 0.0806. The van der Waals surface area contributed by atoms with E-state index < -0.39 is 11.6 Å². The minimum atomic E-state index is -1.03. The van der Waals surface area contributed by atoms with E-state index in [-0.39, 0.29) is 24.3 Å². The Morgan fingerprint density at radius 2 is 1.73 bits per heavy atom. The third kappa shape index (κ3) is 2.83. The highest BCUT2D eigenvalue weighted by molar-refractivity contribution is 6.08. The third-order valence-corrected chi connectivity index (χ3v) is 5.03. The van der Waals surface area contributed by atoms with E-state index in [4.69, 9.17) is 0 Å².